The highest BCUT2D eigenvalue weighted by molar-refractivity contribution is 5.77. The van der Waals surface area contributed by atoms with Crippen molar-refractivity contribution < 1.29 is 18.3 Å². The second kappa shape index (κ2) is 7.63. The summed E-state index contributed by atoms with van der Waals surface area (Å²) in [5.41, 5.74) is 0. The van der Waals surface area contributed by atoms with Crippen molar-refractivity contribution >= 4 is 5.91 Å². The van der Waals surface area contributed by atoms with Gasteiger partial charge in [0.15, 0.2) is 6.61 Å². The average Bonchev–Trinajstić information content (AvgIpc) is 3.11. The van der Waals surface area contributed by atoms with Crippen LogP contribution in [0.4, 0.5) is 4.39 Å². The molecule has 0 radical (unpaired) electrons. The highest BCUT2D eigenvalue weighted by Gasteiger charge is 2.27. The third kappa shape index (κ3) is 4.35. The second-order valence-electron chi connectivity index (χ2n) is 6.53. The Balaban J connectivity index is 1.47. The third-order valence-corrected chi connectivity index (χ3v) is 4.32. The third-order valence-electron chi connectivity index (χ3n) is 4.32. The molecule has 0 unspecified atom stereocenters. The molecule has 1 aromatic heterocycles. The minimum atomic E-state index is -0.331. The molecule has 0 aliphatic carbocycles. The molecule has 2 aromatic rings. The van der Waals surface area contributed by atoms with Gasteiger partial charge in [0.1, 0.15) is 11.6 Å². The van der Waals surface area contributed by atoms with Crippen LogP contribution >= 0.6 is 0 Å². The van der Waals surface area contributed by atoms with Crippen LogP contribution in [0.5, 0.6) is 5.75 Å². The van der Waals surface area contributed by atoms with Crippen LogP contribution in [0, 0.1) is 5.82 Å². The van der Waals surface area contributed by atoms with Gasteiger partial charge in [0.2, 0.25) is 11.8 Å². The van der Waals surface area contributed by atoms with Crippen LogP contribution in [0.15, 0.2) is 28.7 Å². The Hall–Kier alpha value is -2.44. The van der Waals surface area contributed by atoms with Gasteiger partial charge >= 0.3 is 0 Å². The number of nitrogens with zero attached hydrogens (tertiary/aromatic N) is 3. The Bertz CT molecular complexity index is 707. The smallest absolute Gasteiger partial charge is 0.260 e. The summed E-state index contributed by atoms with van der Waals surface area (Å²) in [6.07, 6.45) is 1.59. The summed E-state index contributed by atoms with van der Waals surface area (Å²) < 4.78 is 24.0. The quantitative estimate of drug-likeness (QED) is 0.831. The maximum Gasteiger partial charge on any atom is 0.260 e. The monoisotopic (exact) mass is 347 g/mol. The minimum Gasteiger partial charge on any atom is -0.484 e. The molecular formula is C18H22FN3O3. The maximum absolute atomic E-state index is 12.9. The molecule has 1 aliphatic rings. The summed E-state index contributed by atoms with van der Waals surface area (Å²) in [6.45, 7) is 5.25. The van der Waals surface area contributed by atoms with Gasteiger partial charge in [-0.1, -0.05) is 13.8 Å². The summed E-state index contributed by atoms with van der Waals surface area (Å²) in [6, 6.07) is 5.63. The molecule has 1 aromatic carbocycles. The zero-order chi connectivity index (χ0) is 17.8. The number of likely N-dealkylation sites (tertiary alicyclic amines) is 1. The van der Waals surface area contributed by atoms with E-state index in [1.54, 1.807) is 4.90 Å². The molecule has 134 valence electrons. The minimum absolute atomic E-state index is 0.0473. The summed E-state index contributed by atoms with van der Waals surface area (Å²) >= 11 is 0. The number of carbonyl (C=O) groups excluding carboxylic acids is 1. The molecule has 0 spiro atoms. The van der Waals surface area contributed by atoms with Crippen molar-refractivity contribution in [2.45, 2.75) is 38.5 Å². The van der Waals surface area contributed by atoms with E-state index in [0.717, 1.165) is 12.8 Å². The number of rotatable bonds is 5. The summed E-state index contributed by atoms with van der Waals surface area (Å²) in [7, 11) is 0. The van der Waals surface area contributed by atoms with Gasteiger partial charge in [-0.25, -0.2) is 4.39 Å². The Morgan fingerprint density at radius 1 is 1.28 bits per heavy atom. The summed E-state index contributed by atoms with van der Waals surface area (Å²) in [5, 5.41) is 8.21. The molecule has 25 heavy (non-hydrogen) atoms. The van der Waals surface area contributed by atoms with Crippen molar-refractivity contribution in [1.82, 2.24) is 15.1 Å². The van der Waals surface area contributed by atoms with Crippen LogP contribution in [-0.4, -0.2) is 40.7 Å². The van der Waals surface area contributed by atoms with E-state index in [1.807, 2.05) is 13.8 Å². The van der Waals surface area contributed by atoms with Crippen molar-refractivity contribution in [2.75, 3.05) is 19.7 Å². The van der Waals surface area contributed by atoms with Gasteiger partial charge in [-0.2, -0.15) is 0 Å². The fourth-order valence-electron chi connectivity index (χ4n) is 2.79. The van der Waals surface area contributed by atoms with E-state index in [0.29, 0.717) is 30.6 Å². The largest absolute Gasteiger partial charge is 0.484 e. The molecule has 0 atom stereocenters. The fraction of sp³-hybridized carbons (Fsp3) is 0.500. The number of hydrogen-bond donors (Lipinski definition) is 0. The first-order chi connectivity index (χ1) is 12.0. The molecule has 3 rings (SSSR count). The zero-order valence-electron chi connectivity index (χ0n) is 14.4. The average molecular weight is 347 g/mol. The normalized spacial score (nSPS) is 15.6. The lowest BCUT2D eigenvalue weighted by atomic mass is 9.97. The van der Waals surface area contributed by atoms with Gasteiger partial charge in [0, 0.05) is 24.9 Å². The van der Waals surface area contributed by atoms with Crippen molar-refractivity contribution in [1.29, 1.82) is 0 Å². The molecule has 1 saturated heterocycles. The molecular weight excluding hydrogens is 325 g/mol. The number of hydrogen-bond acceptors (Lipinski definition) is 5. The number of benzene rings is 1. The van der Waals surface area contributed by atoms with Crippen LogP contribution in [0.2, 0.25) is 0 Å². The predicted molar refractivity (Wildman–Crippen MR) is 88.8 cm³/mol. The van der Waals surface area contributed by atoms with Gasteiger partial charge < -0.3 is 14.1 Å². The summed E-state index contributed by atoms with van der Waals surface area (Å²) in [5.74, 6) is 1.81. The number of carbonyl (C=O) groups is 1. The number of piperidine rings is 1. The van der Waals surface area contributed by atoms with Crippen LogP contribution in [0.1, 0.15) is 50.3 Å². The Labute approximate surface area is 146 Å². The van der Waals surface area contributed by atoms with E-state index in [9.17, 15) is 9.18 Å². The highest BCUT2D eigenvalue weighted by atomic mass is 19.1. The number of aromatic nitrogens is 2. The van der Waals surface area contributed by atoms with E-state index in [1.165, 1.54) is 24.3 Å². The lowest BCUT2D eigenvalue weighted by Gasteiger charge is -2.30. The number of ether oxygens (including phenoxy) is 1. The first-order valence-corrected chi connectivity index (χ1v) is 8.52. The SMILES string of the molecule is CC(C)c1nnc(C2CCN(C(=O)COc3ccc(F)cc3)CC2)o1. The van der Waals surface area contributed by atoms with Gasteiger partial charge in [0.25, 0.3) is 5.91 Å². The standard InChI is InChI=1S/C18H22FN3O3/c1-12(2)17-20-21-18(25-17)13-7-9-22(10-8-13)16(23)11-24-15-5-3-14(19)4-6-15/h3-6,12-13H,7-11H2,1-2H3. The van der Waals surface area contributed by atoms with E-state index in [-0.39, 0.29) is 30.2 Å². The first kappa shape index (κ1) is 17.4. The van der Waals surface area contributed by atoms with Gasteiger partial charge in [-0.05, 0) is 37.1 Å². The molecule has 0 bridgehead atoms. The summed E-state index contributed by atoms with van der Waals surface area (Å²) in [4.78, 5) is 14.0. The number of halogens is 1. The maximum atomic E-state index is 12.9. The van der Waals surface area contributed by atoms with Gasteiger partial charge in [0.05, 0.1) is 0 Å². The molecule has 1 fully saturated rings. The molecule has 7 heteroatoms. The van der Waals surface area contributed by atoms with Crippen molar-refractivity contribution in [3.63, 3.8) is 0 Å². The number of amides is 1. The Morgan fingerprint density at radius 3 is 2.56 bits per heavy atom. The van der Waals surface area contributed by atoms with Crippen LogP contribution in [-0.2, 0) is 4.79 Å². The lowest BCUT2D eigenvalue weighted by Crippen LogP contribution is -2.40. The van der Waals surface area contributed by atoms with E-state index in [4.69, 9.17) is 9.15 Å². The topological polar surface area (TPSA) is 68.5 Å². The lowest BCUT2D eigenvalue weighted by molar-refractivity contribution is -0.134. The highest BCUT2D eigenvalue weighted by Crippen LogP contribution is 2.28. The molecule has 2 heterocycles. The fourth-order valence-corrected chi connectivity index (χ4v) is 2.79. The molecule has 1 amide bonds. The van der Waals surface area contributed by atoms with E-state index >= 15 is 0 Å². The van der Waals surface area contributed by atoms with E-state index in [2.05, 4.69) is 10.2 Å². The van der Waals surface area contributed by atoms with Gasteiger partial charge in [-0.3, -0.25) is 4.79 Å². The van der Waals surface area contributed by atoms with Crippen molar-refractivity contribution in [3.8, 4) is 5.75 Å². The van der Waals surface area contributed by atoms with Crippen molar-refractivity contribution in [3.05, 3.63) is 41.9 Å². The van der Waals surface area contributed by atoms with Crippen molar-refractivity contribution in [2.24, 2.45) is 0 Å². The van der Waals surface area contributed by atoms with Gasteiger partial charge in [-0.15, -0.1) is 10.2 Å². The molecule has 0 saturated carbocycles. The second-order valence-corrected chi connectivity index (χ2v) is 6.53. The van der Waals surface area contributed by atoms with E-state index < -0.39 is 0 Å². The Morgan fingerprint density at radius 2 is 1.96 bits per heavy atom. The molecule has 1 aliphatic heterocycles. The molecule has 0 N–H and O–H groups in total. The zero-order valence-corrected chi connectivity index (χ0v) is 14.4. The Kier molecular flexibility index (Phi) is 5.31. The van der Waals surface area contributed by atoms with Crippen LogP contribution in [0.25, 0.3) is 0 Å². The predicted octanol–water partition coefficient (Wildman–Crippen LogP) is 3.12. The first-order valence-electron chi connectivity index (χ1n) is 8.52. The van der Waals surface area contributed by atoms with Crippen LogP contribution < -0.4 is 4.74 Å². The molecule has 6 nitrogen and oxygen atoms in total. The van der Waals surface area contributed by atoms with Crippen LogP contribution in [0.3, 0.4) is 0 Å².